The van der Waals surface area contributed by atoms with Gasteiger partial charge in [-0.05, 0) is 38.0 Å². The van der Waals surface area contributed by atoms with Crippen LogP contribution in [-0.2, 0) is 11.2 Å². The fourth-order valence-corrected chi connectivity index (χ4v) is 2.37. The van der Waals surface area contributed by atoms with Gasteiger partial charge in [0.15, 0.2) is 11.5 Å². The van der Waals surface area contributed by atoms with E-state index >= 15 is 0 Å². The normalized spacial score (nSPS) is 14.3. The van der Waals surface area contributed by atoms with Crippen LogP contribution in [0.5, 0.6) is 11.5 Å². The Hall–Kier alpha value is -1.75. The second-order valence-corrected chi connectivity index (χ2v) is 4.62. The maximum Gasteiger partial charge on any atom is 0.236 e. The molecular formula is C14H20N2O3. The van der Waals surface area contributed by atoms with Gasteiger partial charge >= 0.3 is 0 Å². The van der Waals surface area contributed by atoms with Crippen LogP contribution in [0.4, 0.5) is 0 Å². The molecule has 19 heavy (non-hydrogen) atoms. The standard InChI is InChI=1S/C14H20N2O3/c1-3-16(14(17)8-15)10(2)6-11-4-5-12-13(7-11)19-9-18-12/h4-5,7,10H,3,6,8-9,15H2,1-2H3/t10-/m0/s1. The molecule has 0 saturated carbocycles. The van der Waals surface area contributed by atoms with Gasteiger partial charge in [0.1, 0.15) is 0 Å². The van der Waals surface area contributed by atoms with E-state index in [1.807, 2.05) is 32.0 Å². The van der Waals surface area contributed by atoms with Crippen molar-refractivity contribution < 1.29 is 14.3 Å². The molecular weight excluding hydrogens is 244 g/mol. The van der Waals surface area contributed by atoms with Crippen molar-refractivity contribution in [3.63, 3.8) is 0 Å². The number of hydrogen-bond acceptors (Lipinski definition) is 4. The van der Waals surface area contributed by atoms with Crippen molar-refractivity contribution in [2.45, 2.75) is 26.3 Å². The van der Waals surface area contributed by atoms with Gasteiger partial charge in [-0.2, -0.15) is 0 Å². The van der Waals surface area contributed by atoms with Crippen molar-refractivity contribution in [2.24, 2.45) is 5.73 Å². The van der Waals surface area contributed by atoms with E-state index in [2.05, 4.69) is 0 Å². The van der Waals surface area contributed by atoms with Crippen LogP contribution in [0, 0.1) is 0 Å². The number of nitrogens with zero attached hydrogens (tertiary/aromatic N) is 1. The topological polar surface area (TPSA) is 64.8 Å². The minimum atomic E-state index is -0.0178. The van der Waals surface area contributed by atoms with E-state index in [4.69, 9.17) is 15.2 Å². The summed E-state index contributed by atoms with van der Waals surface area (Å²) in [7, 11) is 0. The molecule has 2 rings (SSSR count). The van der Waals surface area contributed by atoms with Gasteiger partial charge < -0.3 is 20.1 Å². The quantitative estimate of drug-likeness (QED) is 0.866. The van der Waals surface area contributed by atoms with E-state index < -0.39 is 0 Å². The Morgan fingerprint density at radius 2 is 2.16 bits per heavy atom. The van der Waals surface area contributed by atoms with E-state index in [-0.39, 0.29) is 25.3 Å². The van der Waals surface area contributed by atoms with Gasteiger partial charge in [0.25, 0.3) is 0 Å². The molecule has 0 bridgehead atoms. The first-order valence-corrected chi connectivity index (χ1v) is 6.53. The Labute approximate surface area is 113 Å². The maximum absolute atomic E-state index is 11.7. The Balaban J connectivity index is 2.05. The number of likely N-dealkylation sites (N-methyl/N-ethyl adjacent to an activating group) is 1. The lowest BCUT2D eigenvalue weighted by molar-refractivity contribution is -0.131. The number of ether oxygens (including phenoxy) is 2. The summed E-state index contributed by atoms with van der Waals surface area (Å²) in [5.41, 5.74) is 6.55. The molecule has 1 aromatic carbocycles. The first-order valence-electron chi connectivity index (χ1n) is 6.53. The summed E-state index contributed by atoms with van der Waals surface area (Å²) < 4.78 is 10.6. The molecule has 0 unspecified atom stereocenters. The molecule has 1 aliphatic heterocycles. The molecule has 0 aliphatic carbocycles. The predicted molar refractivity (Wildman–Crippen MR) is 72.2 cm³/mol. The minimum absolute atomic E-state index is 0.0178. The smallest absolute Gasteiger partial charge is 0.236 e. The number of hydrogen-bond donors (Lipinski definition) is 1. The third-order valence-corrected chi connectivity index (χ3v) is 3.34. The third kappa shape index (κ3) is 2.98. The maximum atomic E-state index is 11.7. The Morgan fingerprint density at radius 3 is 2.84 bits per heavy atom. The van der Waals surface area contributed by atoms with Crippen molar-refractivity contribution in [3.8, 4) is 11.5 Å². The zero-order valence-electron chi connectivity index (χ0n) is 11.4. The average Bonchev–Trinajstić information content (AvgIpc) is 2.86. The molecule has 1 aliphatic rings. The number of amides is 1. The predicted octanol–water partition coefficient (Wildman–Crippen LogP) is 1.15. The Morgan fingerprint density at radius 1 is 1.42 bits per heavy atom. The van der Waals surface area contributed by atoms with Crippen molar-refractivity contribution in [3.05, 3.63) is 23.8 Å². The molecule has 104 valence electrons. The summed E-state index contributed by atoms with van der Waals surface area (Å²) >= 11 is 0. The Bertz CT molecular complexity index is 462. The lowest BCUT2D eigenvalue weighted by Gasteiger charge is -2.27. The van der Waals surface area contributed by atoms with Crippen LogP contribution < -0.4 is 15.2 Å². The number of benzene rings is 1. The molecule has 2 N–H and O–H groups in total. The van der Waals surface area contributed by atoms with Crippen molar-refractivity contribution in [1.82, 2.24) is 4.90 Å². The first-order chi connectivity index (χ1) is 9.15. The summed E-state index contributed by atoms with van der Waals surface area (Å²) in [6.45, 7) is 4.99. The van der Waals surface area contributed by atoms with Gasteiger partial charge in [0.2, 0.25) is 12.7 Å². The number of carbonyl (C=O) groups is 1. The minimum Gasteiger partial charge on any atom is -0.454 e. The highest BCUT2D eigenvalue weighted by Crippen LogP contribution is 2.32. The summed E-state index contributed by atoms with van der Waals surface area (Å²) in [6.07, 6.45) is 0.774. The molecule has 1 atom stereocenters. The van der Waals surface area contributed by atoms with Crippen molar-refractivity contribution >= 4 is 5.91 Å². The van der Waals surface area contributed by atoms with Gasteiger partial charge in [-0.15, -0.1) is 0 Å². The molecule has 0 radical (unpaired) electrons. The van der Waals surface area contributed by atoms with Crippen LogP contribution in [-0.4, -0.2) is 36.7 Å². The number of fused-ring (bicyclic) bond motifs is 1. The van der Waals surface area contributed by atoms with Crippen LogP contribution in [0.3, 0.4) is 0 Å². The molecule has 5 heteroatoms. The molecule has 1 aromatic rings. The van der Waals surface area contributed by atoms with Crippen LogP contribution in [0.2, 0.25) is 0 Å². The van der Waals surface area contributed by atoms with E-state index in [0.717, 1.165) is 23.5 Å². The van der Waals surface area contributed by atoms with Gasteiger partial charge in [0, 0.05) is 12.6 Å². The van der Waals surface area contributed by atoms with Crippen LogP contribution in [0.25, 0.3) is 0 Å². The summed E-state index contributed by atoms with van der Waals surface area (Å²) in [5, 5.41) is 0. The zero-order valence-corrected chi connectivity index (χ0v) is 11.4. The fraction of sp³-hybridized carbons (Fsp3) is 0.500. The SMILES string of the molecule is CCN(C(=O)CN)[C@@H](C)Cc1ccc2c(c1)OCO2. The third-order valence-electron chi connectivity index (χ3n) is 3.34. The van der Waals surface area contributed by atoms with E-state index in [9.17, 15) is 4.79 Å². The first kappa shape index (κ1) is 13.7. The highest BCUT2D eigenvalue weighted by Gasteiger charge is 2.19. The summed E-state index contributed by atoms with van der Waals surface area (Å²) in [5.74, 6) is 1.54. The number of nitrogens with two attached hydrogens (primary N) is 1. The van der Waals surface area contributed by atoms with Crippen LogP contribution in [0.1, 0.15) is 19.4 Å². The van der Waals surface area contributed by atoms with E-state index in [1.54, 1.807) is 4.90 Å². The number of rotatable bonds is 5. The van der Waals surface area contributed by atoms with E-state index in [1.165, 1.54) is 0 Å². The molecule has 1 amide bonds. The van der Waals surface area contributed by atoms with Gasteiger partial charge in [0.05, 0.1) is 6.54 Å². The Kier molecular flexibility index (Phi) is 4.27. The second-order valence-electron chi connectivity index (χ2n) is 4.62. The van der Waals surface area contributed by atoms with E-state index in [0.29, 0.717) is 6.54 Å². The second kappa shape index (κ2) is 5.93. The highest BCUT2D eigenvalue weighted by molar-refractivity contribution is 5.78. The highest BCUT2D eigenvalue weighted by atomic mass is 16.7. The monoisotopic (exact) mass is 264 g/mol. The summed E-state index contributed by atoms with van der Waals surface area (Å²) in [4.78, 5) is 13.5. The lowest BCUT2D eigenvalue weighted by atomic mass is 10.1. The molecule has 1 heterocycles. The fourth-order valence-electron chi connectivity index (χ4n) is 2.37. The average molecular weight is 264 g/mol. The van der Waals surface area contributed by atoms with Crippen LogP contribution >= 0.6 is 0 Å². The lowest BCUT2D eigenvalue weighted by Crippen LogP contribution is -2.42. The molecule has 0 saturated heterocycles. The van der Waals surface area contributed by atoms with Crippen molar-refractivity contribution in [1.29, 1.82) is 0 Å². The van der Waals surface area contributed by atoms with Crippen LogP contribution in [0.15, 0.2) is 18.2 Å². The molecule has 0 fully saturated rings. The van der Waals surface area contributed by atoms with Gasteiger partial charge in [-0.3, -0.25) is 4.79 Å². The molecule has 5 nitrogen and oxygen atoms in total. The summed E-state index contributed by atoms with van der Waals surface area (Å²) in [6, 6.07) is 6.00. The zero-order chi connectivity index (χ0) is 13.8. The van der Waals surface area contributed by atoms with Crippen molar-refractivity contribution in [2.75, 3.05) is 19.9 Å². The molecule has 0 spiro atoms. The number of carbonyl (C=O) groups excluding carboxylic acids is 1. The van der Waals surface area contributed by atoms with Gasteiger partial charge in [-0.25, -0.2) is 0 Å². The molecule has 0 aromatic heterocycles. The van der Waals surface area contributed by atoms with Gasteiger partial charge in [-0.1, -0.05) is 6.07 Å². The largest absolute Gasteiger partial charge is 0.454 e.